The predicted octanol–water partition coefficient (Wildman–Crippen LogP) is 12.3. The summed E-state index contributed by atoms with van der Waals surface area (Å²) in [6, 6.07) is 42.2. The van der Waals surface area contributed by atoms with Crippen molar-refractivity contribution in [1.29, 1.82) is 0 Å². The number of phenolic OH excluding ortho intramolecular Hbond substituents is 1. The zero-order valence-electron chi connectivity index (χ0n) is 30.1. The van der Waals surface area contributed by atoms with Crippen LogP contribution in [0.3, 0.4) is 0 Å². The highest BCUT2D eigenvalue weighted by Gasteiger charge is 2.24. The van der Waals surface area contributed by atoms with Crippen molar-refractivity contribution in [3.05, 3.63) is 144 Å². The molecule has 5 aromatic carbocycles. The zero-order valence-corrected chi connectivity index (χ0v) is 30.1. The summed E-state index contributed by atoms with van der Waals surface area (Å²) in [7, 11) is 0. The van der Waals surface area contributed by atoms with E-state index in [0.717, 1.165) is 44.7 Å². The van der Waals surface area contributed by atoms with Crippen molar-refractivity contribution < 1.29 is 5.11 Å². The number of para-hydroxylation sites is 2. The molecule has 2 heterocycles. The van der Waals surface area contributed by atoms with Crippen molar-refractivity contribution in [2.24, 2.45) is 0 Å². The Labute approximate surface area is 296 Å². The maximum atomic E-state index is 11.0. The number of aromatic hydroxyl groups is 1. The van der Waals surface area contributed by atoms with Gasteiger partial charge in [-0.15, -0.1) is 0 Å². The summed E-state index contributed by atoms with van der Waals surface area (Å²) >= 11 is 0. The van der Waals surface area contributed by atoms with Crippen LogP contribution in [0.5, 0.6) is 5.75 Å². The highest BCUT2D eigenvalue weighted by Crippen LogP contribution is 2.41. The summed E-state index contributed by atoms with van der Waals surface area (Å²) in [5.41, 5.74) is 13.8. The molecule has 0 unspecified atom stereocenters. The Balaban J connectivity index is 1.42. The number of imidazole rings is 1. The van der Waals surface area contributed by atoms with Crippen LogP contribution < -0.4 is 0 Å². The van der Waals surface area contributed by atoms with Gasteiger partial charge in [-0.2, -0.15) is 0 Å². The van der Waals surface area contributed by atoms with E-state index < -0.39 is 0 Å². The predicted molar refractivity (Wildman–Crippen MR) is 209 cm³/mol. The molecular weight excluding hydrogens is 611 g/mol. The van der Waals surface area contributed by atoms with E-state index in [4.69, 9.17) is 9.97 Å². The summed E-state index contributed by atoms with van der Waals surface area (Å²) in [5, 5.41) is 11.0. The van der Waals surface area contributed by atoms with Gasteiger partial charge in [-0.25, -0.2) is 4.98 Å². The van der Waals surface area contributed by atoms with Gasteiger partial charge < -0.3 is 5.11 Å². The monoisotopic (exact) mass is 655 g/mol. The van der Waals surface area contributed by atoms with E-state index in [2.05, 4.69) is 132 Å². The fourth-order valence-corrected chi connectivity index (χ4v) is 6.64. The molecule has 0 atom stereocenters. The van der Waals surface area contributed by atoms with E-state index in [9.17, 15) is 5.11 Å². The normalized spacial score (nSPS) is 11.9. The molecule has 0 fully saturated rings. The lowest BCUT2D eigenvalue weighted by Crippen LogP contribution is -2.11. The van der Waals surface area contributed by atoms with Gasteiger partial charge in [0.1, 0.15) is 11.6 Å². The van der Waals surface area contributed by atoms with Gasteiger partial charge >= 0.3 is 0 Å². The van der Waals surface area contributed by atoms with Crippen LogP contribution in [0.2, 0.25) is 0 Å². The van der Waals surface area contributed by atoms with E-state index in [1.54, 1.807) is 6.07 Å². The second kappa shape index (κ2) is 13.1. The van der Waals surface area contributed by atoms with E-state index in [1.807, 2.05) is 42.6 Å². The lowest BCUT2D eigenvalue weighted by atomic mass is 9.84. The Kier molecular flexibility index (Phi) is 8.65. The molecule has 4 nitrogen and oxygen atoms in total. The minimum absolute atomic E-state index is 0.114. The second-order valence-electron chi connectivity index (χ2n) is 15.0. The van der Waals surface area contributed by atoms with E-state index >= 15 is 0 Å². The quantitative estimate of drug-likeness (QED) is 0.186. The minimum Gasteiger partial charge on any atom is -0.507 e. The Morgan fingerprint density at radius 2 is 1.28 bits per heavy atom. The zero-order chi connectivity index (χ0) is 35.2. The summed E-state index contributed by atoms with van der Waals surface area (Å²) in [4.78, 5) is 10.2. The Morgan fingerprint density at radius 1 is 0.600 bits per heavy atom. The summed E-state index contributed by atoms with van der Waals surface area (Å²) in [6.07, 6.45) is 1.92. The van der Waals surface area contributed by atoms with Gasteiger partial charge in [0.25, 0.3) is 0 Å². The number of benzene rings is 5. The summed E-state index contributed by atoms with van der Waals surface area (Å²) in [6.45, 7) is 15.8. The standard InChI is InChI=1S/C46H45N3O/c1-29(2)34-23-35(30(3)4)25-36(24-34)31-20-21-47-41(26-31)33-15-13-14-32(22-33)40-27-37(46(5,6)7)28-42-44(40)48-45(39-18-11-12-19-43(39)50)49(42)38-16-9-8-10-17-38/h8-30,50H,1-7H3. The lowest BCUT2D eigenvalue weighted by molar-refractivity contribution is 0.477. The molecule has 1 N–H and O–H groups in total. The van der Waals surface area contributed by atoms with Crippen LogP contribution in [0.25, 0.3) is 61.6 Å². The number of nitrogens with zero attached hydrogens (tertiary/aromatic N) is 3. The number of aromatic nitrogens is 3. The molecular formula is C46H45N3O. The maximum Gasteiger partial charge on any atom is 0.149 e. The number of pyridine rings is 1. The minimum atomic E-state index is -0.114. The van der Waals surface area contributed by atoms with Gasteiger partial charge in [0.2, 0.25) is 0 Å². The summed E-state index contributed by atoms with van der Waals surface area (Å²) < 4.78 is 2.18. The molecule has 7 rings (SSSR count). The number of hydrogen-bond donors (Lipinski definition) is 1. The average molecular weight is 656 g/mol. The Hall–Kier alpha value is -5.48. The fourth-order valence-electron chi connectivity index (χ4n) is 6.64. The van der Waals surface area contributed by atoms with Crippen LogP contribution in [0.15, 0.2) is 128 Å². The van der Waals surface area contributed by atoms with Gasteiger partial charge in [0.15, 0.2) is 0 Å². The topological polar surface area (TPSA) is 50.9 Å². The number of hydrogen-bond acceptors (Lipinski definition) is 3. The number of rotatable bonds is 7. The molecule has 7 aromatic rings. The first-order chi connectivity index (χ1) is 24.0. The molecule has 50 heavy (non-hydrogen) atoms. The highest BCUT2D eigenvalue weighted by atomic mass is 16.3. The van der Waals surface area contributed by atoms with Crippen LogP contribution >= 0.6 is 0 Å². The van der Waals surface area contributed by atoms with Gasteiger partial charge in [0.05, 0.1) is 22.3 Å². The van der Waals surface area contributed by atoms with Crippen LogP contribution in [-0.2, 0) is 5.41 Å². The van der Waals surface area contributed by atoms with Crippen molar-refractivity contribution in [2.45, 2.75) is 65.7 Å². The first kappa shape index (κ1) is 33.0. The van der Waals surface area contributed by atoms with Gasteiger partial charge in [-0.05, 0) is 105 Å². The molecule has 2 aromatic heterocycles. The molecule has 0 saturated carbocycles. The SMILES string of the molecule is CC(C)c1cc(-c2ccnc(-c3cccc(-c4cc(C(C)(C)C)cc5c4nc(-c4ccccc4O)n5-c4ccccc4)c3)c2)cc(C(C)C)c1. The third-order valence-corrected chi connectivity index (χ3v) is 9.66. The van der Waals surface area contributed by atoms with Gasteiger partial charge in [-0.1, -0.05) is 115 Å². The molecule has 0 aliphatic heterocycles. The average Bonchev–Trinajstić information content (AvgIpc) is 3.50. The summed E-state index contributed by atoms with van der Waals surface area (Å²) in [5.74, 6) is 1.79. The van der Waals surface area contributed by atoms with Crippen LogP contribution in [0, 0.1) is 0 Å². The molecule has 0 amide bonds. The molecule has 0 radical (unpaired) electrons. The Morgan fingerprint density at radius 3 is 1.96 bits per heavy atom. The van der Waals surface area contributed by atoms with Gasteiger partial charge in [-0.3, -0.25) is 9.55 Å². The maximum absolute atomic E-state index is 11.0. The molecule has 0 aliphatic rings. The van der Waals surface area contributed by atoms with E-state index in [-0.39, 0.29) is 11.2 Å². The van der Waals surface area contributed by atoms with Crippen molar-refractivity contribution in [3.8, 4) is 56.3 Å². The highest BCUT2D eigenvalue weighted by molar-refractivity contribution is 5.97. The Bertz CT molecular complexity index is 2300. The first-order valence-corrected chi connectivity index (χ1v) is 17.6. The molecule has 0 saturated heterocycles. The van der Waals surface area contributed by atoms with Crippen LogP contribution in [0.4, 0.5) is 0 Å². The molecule has 0 bridgehead atoms. The van der Waals surface area contributed by atoms with Crippen molar-refractivity contribution in [2.75, 3.05) is 0 Å². The third kappa shape index (κ3) is 6.34. The lowest BCUT2D eigenvalue weighted by Gasteiger charge is -2.21. The fraction of sp³-hybridized carbons (Fsp3) is 0.217. The van der Waals surface area contributed by atoms with E-state index in [1.165, 1.54) is 22.3 Å². The second-order valence-corrected chi connectivity index (χ2v) is 15.0. The third-order valence-electron chi connectivity index (χ3n) is 9.66. The first-order valence-electron chi connectivity index (χ1n) is 17.6. The molecule has 0 spiro atoms. The van der Waals surface area contributed by atoms with Gasteiger partial charge in [0, 0.05) is 23.0 Å². The van der Waals surface area contributed by atoms with Crippen molar-refractivity contribution in [1.82, 2.24) is 14.5 Å². The van der Waals surface area contributed by atoms with Crippen molar-refractivity contribution in [3.63, 3.8) is 0 Å². The van der Waals surface area contributed by atoms with E-state index in [0.29, 0.717) is 23.2 Å². The molecule has 0 aliphatic carbocycles. The largest absolute Gasteiger partial charge is 0.507 e. The number of fused-ring (bicyclic) bond motifs is 1. The van der Waals surface area contributed by atoms with Crippen LogP contribution in [0.1, 0.15) is 77.0 Å². The molecule has 4 heteroatoms. The smallest absolute Gasteiger partial charge is 0.149 e. The van der Waals surface area contributed by atoms with Crippen molar-refractivity contribution >= 4 is 11.0 Å². The number of phenols is 1. The molecule has 250 valence electrons. The van der Waals surface area contributed by atoms with Crippen LogP contribution in [-0.4, -0.2) is 19.6 Å².